The van der Waals surface area contributed by atoms with Crippen LogP contribution in [0.2, 0.25) is 0 Å². The largest absolute Gasteiger partial charge is 0.444 e. The third kappa shape index (κ3) is 4.46. The lowest BCUT2D eigenvalue weighted by Gasteiger charge is -2.36. The van der Waals surface area contributed by atoms with Gasteiger partial charge < -0.3 is 14.2 Å². The number of nitrogens with zero attached hydrogens (tertiary/aromatic N) is 1. The van der Waals surface area contributed by atoms with Crippen LogP contribution in [0.1, 0.15) is 47.5 Å². The average molecular weight is 311 g/mol. The molecule has 2 rings (SSSR count). The zero-order valence-electron chi connectivity index (χ0n) is 14.4. The van der Waals surface area contributed by atoms with Crippen molar-refractivity contribution in [3.63, 3.8) is 0 Å². The average Bonchev–Trinajstić information content (AvgIpc) is 2.55. The Bertz CT molecular complexity index is 425. The van der Waals surface area contributed by atoms with E-state index in [0.717, 1.165) is 19.4 Å². The lowest BCUT2D eigenvalue weighted by molar-refractivity contribution is -0.0633. The van der Waals surface area contributed by atoms with Crippen LogP contribution in [0.4, 0.5) is 4.79 Å². The Hall–Kier alpha value is -1.07. The molecular formula is C17H29NO4. The predicted molar refractivity (Wildman–Crippen MR) is 84.6 cm³/mol. The maximum atomic E-state index is 12.6. The van der Waals surface area contributed by atoms with Crippen LogP contribution >= 0.6 is 0 Å². The minimum atomic E-state index is -0.631. The van der Waals surface area contributed by atoms with Gasteiger partial charge in [0.1, 0.15) is 11.3 Å². The first-order valence-corrected chi connectivity index (χ1v) is 8.08. The van der Waals surface area contributed by atoms with Crippen molar-refractivity contribution in [1.82, 2.24) is 4.90 Å². The number of hydrogen-bond donors (Lipinski definition) is 0. The van der Waals surface area contributed by atoms with E-state index in [2.05, 4.69) is 12.2 Å². The highest BCUT2D eigenvalue weighted by molar-refractivity contribution is 5.69. The highest BCUT2D eigenvalue weighted by Gasteiger charge is 2.46. The number of ether oxygens (including phenoxy) is 3. The van der Waals surface area contributed by atoms with Gasteiger partial charge in [-0.1, -0.05) is 12.2 Å². The van der Waals surface area contributed by atoms with Gasteiger partial charge in [-0.25, -0.2) is 4.79 Å². The molecule has 0 N–H and O–H groups in total. The second kappa shape index (κ2) is 6.59. The second-order valence-electron chi connectivity index (χ2n) is 7.61. The van der Waals surface area contributed by atoms with Crippen molar-refractivity contribution >= 4 is 6.09 Å². The highest BCUT2D eigenvalue weighted by Crippen LogP contribution is 2.33. The van der Waals surface area contributed by atoms with Gasteiger partial charge in [0.25, 0.3) is 0 Å². The summed E-state index contributed by atoms with van der Waals surface area (Å²) in [5.41, 5.74) is -1.14. The summed E-state index contributed by atoms with van der Waals surface area (Å²) >= 11 is 0. The Labute approximate surface area is 133 Å². The maximum Gasteiger partial charge on any atom is 0.412 e. The zero-order valence-corrected chi connectivity index (χ0v) is 14.4. The summed E-state index contributed by atoms with van der Waals surface area (Å²) in [5, 5.41) is 0. The topological polar surface area (TPSA) is 48.0 Å². The summed E-state index contributed by atoms with van der Waals surface area (Å²) in [5.74, 6) is 0.409. The van der Waals surface area contributed by atoms with E-state index in [1.807, 2.05) is 34.6 Å². The Morgan fingerprint density at radius 1 is 1.32 bits per heavy atom. The van der Waals surface area contributed by atoms with Gasteiger partial charge in [-0.2, -0.15) is 0 Å². The number of allylic oxidation sites excluding steroid dienone is 1. The number of amides is 1. The number of hydrogen-bond acceptors (Lipinski definition) is 4. The molecule has 0 unspecified atom stereocenters. The maximum absolute atomic E-state index is 12.6. The quantitative estimate of drug-likeness (QED) is 0.734. The normalized spacial score (nSPS) is 28.5. The molecule has 0 aromatic heterocycles. The molecule has 0 bridgehead atoms. The van der Waals surface area contributed by atoms with E-state index >= 15 is 0 Å². The fraction of sp³-hybridized carbons (Fsp3) is 0.824. The van der Waals surface area contributed by atoms with Gasteiger partial charge in [0.15, 0.2) is 0 Å². The first-order valence-electron chi connectivity index (χ1n) is 8.08. The van der Waals surface area contributed by atoms with Gasteiger partial charge >= 0.3 is 6.09 Å². The summed E-state index contributed by atoms with van der Waals surface area (Å²) < 4.78 is 17.0. The fourth-order valence-electron chi connectivity index (χ4n) is 3.01. The summed E-state index contributed by atoms with van der Waals surface area (Å²) in [7, 11) is 0. The standard InChI is InChI=1S/C17H29NO4/c1-16(2,3)22-15(19)18-14(12-21-17(18,4)5)10-13-8-6-7-9-20-11-13/h6-7,13-14H,8-12H2,1-5H3/t13-,14+/m1/s1. The van der Waals surface area contributed by atoms with E-state index in [4.69, 9.17) is 14.2 Å². The fourth-order valence-corrected chi connectivity index (χ4v) is 3.01. The summed E-state index contributed by atoms with van der Waals surface area (Å²) in [6.07, 6.45) is 5.77. The molecule has 2 aliphatic rings. The molecule has 0 spiro atoms. The van der Waals surface area contributed by atoms with E-state index in [1.54, 1.807) is 4.90 Å². The van der Waals surface area contributed by atoms with Crippen LogP contribution in [-0.4, -0.2) is 48.2 Å². The molecule has 2 aliphatic heterocycles. The minimum Gasteiger partial charge on any atom is -0.444 e. The Balaban J connectivity index is 2.05. The van der Waals surface area contributed by atoms with E-state index in [9.17, 15) is 4.79 Å². The van der Waals surface area contributed by atoms with Crippen LogP contribution in [0.25, 0.3) is 0 Å². The monoisotopic (exact) mass is 311 g/mol. The van der Waals surface area contributed by atoms with Gasteiger partial charge in [-0.3, -0.25) is 4.90 Å². The lowest BCUT2D eigenvalue weighted by atomic mass is 9.97. The zero-order chi connectivity index (χ0) is 16.4. The molecule has 22 heavy (non-hydrogen) atoms. The summed E-state index contributed by atoms with van der Waals surface area (Å²) in [6, 6.07) is 0.0324. The number of rotatable bonds is 2. The molecule has 1 amide bonds. The van der Waals surface area contributed by atoms with Crippen LogP contribution in [0, 0.1) is 5.92 Å². The molecule has 126 valence electrons. The van der Waals surface area contributed by atoms with Gasteiger partial charge in [-0.15, -0.1) is 0 Å². The molecule has 0 aromatic rings. The molecule has 0 saturated carbocycles. The van der Waals surface area contributed by atoms with Crippen molar-refractivity contribution < 1.29 is 19.0 Å². The van der Waals surface area contributed by atoms with Gasteiger partial charge in [0, 0.05) is 0 Å². The van der Waals surface area contributed by atoms with E-state index in [1.165, 1.54) is 0 Å². The smallest absolute Gasteiger partial charge is 0.412 e. The Morgan fingerprint density at radius 3 is 2.73 bits per heavy atom. The van der Waals surface area contributed by atoms with Crippen molar-refractivity contribution in [3.8, 4) is 0 Å². The molecule has 0 radical (unpaired) electrons. The van der Waals surface area contributed by atoms with Gasteiger partial charge in [0.05, 0.1) is 25.9 Å². The lowest BCUT2D eigenvalue weighted by Crippen LogP contribution is -2.50. The van der Waals surface area contributed by atoms with Crippen molar-refractivity contribution in [1.29, 1.82) is 0 Å². The summed E-state index contributed by atoms with van der Waals surface area (Å²) in [6.45, 7) is 11.4. The molecule has 0 aliphatic carbocycles. The van der Waals surface area contributed by atoms with Crippen molar-refractivity contribution in [2.75, 3.05) is 19.8 Å². The second-order valence-corrected chi connectivity index (χ2v) is 7.61. The summed E-state index contributed by atoms with van der Waals surface area (Å²) in [4.78, 5) is 14.3. The molecule has 1 fully saturated rings. The Kier molecular flexibility index (Phi) is 5.17. The van der Waals surface area contributed by atoms with Crippen molar-refractivity contribution in [2.24, 2.45) is 5.92 Å². The van der Waals surface area contributed by atoms with Crippen molar-refractivity contribution in [3.05, 3.63) is 12.2 Å². The minimum absolute atomic E-state index is 0.0324. The number of carbonyl (C=O) groups is 1. The van der Waals surface area contributed by atoms with E-state index in [-0.39, 0.29) is 12.1 Å². The first kappa shape index (κ1) is 17.3. The van der Waals surface area contributed by atoms with Crippen molar-refractivity contribution in [2.45, 2.75) is 64.8 Å². The first-order chi connectivity index (χ1) is 10.2. The van der Waals surface area contributed by atoms with Gasteiger partial charge in [0.2, 0.25) is 0 Å². The van der Waals surface area contributed by atoms with E-state index < -0.39 is 11.3 Å². The molecule has 5 nitrogen and oxygen atoms in total. The molecule has 1 saturated heterocycles. The number of carbonyl (C=O) groups excluding carboxylic acids is 1. The molecular weight excluding hydrogens is 282 g/mol. The SMILES string of the molecule is CC(C)(C)OC(=O)N1[C@@H](C[C@H]2CC=CCOC2)COC1(C)C. The molecule has 2 atom stereocenters. The van der Waals surface area contributed by atoms with Crippen LogP contribution in [-0.2, 0) is 14.2 Å². The molecule has 2 heterocycles. The van der Waals surface area contributed by atoms with Crippen LogP contribution in [0.3, 0.4) is 0 Å². The van der Waals surface area contributed by atoms with Gasteiger partial charge in [-0.05, 0) is 53.4 Å². The van der Waals surface area contributed by atoms with Crippen LogP contribution in [0.5, 0.6) is 0 Å². The predicted octanol–water partition coefficient (Wildman–Crippen LogP) is 3.34. The van der Waals surface area contributed by atoms with Crippen LogP contribution < -0.4 is 0 Å². The molecule has 5 heteroatoms. The van der Waals surface area contributed by atoms with E-state index in [0.29, 0.717) is 19.1 Å². The molecule has 0 aromatic carbocycles. The third-order valence-electron chi connectivity index (χ3n) is 3.97. The third-order valence-corrected chi connectivity index (χ3v) is 3.97. The highest BCUT2D eigenvalue weighted by atomic mass is 16.6. The Morgan fingerprint density at radius 2 is 2.05 bits per heavy atom. The van der Waals surface area contributed by atoms with Crippen LogP contribution in [0.15, 0.2) is 12.2 Å².